The zero-order chi connectivity index (χ0) is 15.0. The SMILES string of the molecule is CB1OCC(c2ccccc2)(c2ccccc2)C2CCCN12. The molecule has 1 unspecified atom stereocenters. The van der Waals surface area contributed by atoms with Crippen LogP contribution in [0.15, 0.2) is 60.7 Å². The second-order valence-electron chi connectivity index (χ2n) is 6.51. The van der Waals surface area contributed by atoms with Crippen molar-refractivity contribution in [1.82, 2.24) is 4.81 Å². The van der Waals surface area contributed by atoms with Crippen LogP contribution in [-0.2, 0) is 10.1 Å². The van der Waals surface area contributed by atoms with Gasteiger partial charge in [0, 0.05) is 12.6 Å². The summed E-state index contributed by atoms with van der Waals surface area (Å²) in [6, 6.07) is 22.4. The van der Waals surface area contributed by atoms with Crippen molar-refractivity contribution in [3.05, 3.63) is 71.8 Å². The van der Waals surface area contributed by atoms with E-state index in [1.54, 1.807) is 0 Å². The largest absolute Gasteiger partial charge is 0.420 e. The molecule has 0 amide bonds. The summed E-state index contributed by atoms with van der Waals surface area (Å²) >= 11 is 0. The fourth-order valence-corrected chi connectivity index (χ4v) is 4.39. The lowest BCUT2D eigenvalue weighted by Gasteiger charge is -2.49. The van der Waals surface area contributed by atoms with E-state index in [1.165, 1.54) is 24.0 Å². The van der Waals surface area contributed by atoms with Crippen LogP contribution in [0.1, 0.15) is 24.0 Å². The van der Waals surface area contributed by atoms with Gasteiger partial charge in [0.05, 0.1) is 5.41 Å². The highest BCUT2D eigenvalue weighted by molar-refractivity contribution is 6.47. The van der Waals surface area contributed by atoms with Gasteiger partial charge in [-0.15, -0.1) is 0 Å². The van der Waals surface area contributed by atoms with Gasteiger partial charge in [-0.3, -0.25) is 0 Å². The van der Waals surface area contributed by atoms with Gasteiger partial charge in [-0.25, -0.2) is 0 Å². The standard InChI is InChI=1S/C19H22BNO/c1-20-21-14-8-13-18(21)19(15-22-20,16-9-4-2-5-10-16)17-11-6-3-7-12-17/h2-7,9-12,18H,8,13-15H2,1H3. The third-order valence-electron chi connectivity index (χ3n) is 5.46. The molecule has 2 aliphatic rings. The summed E-state index contributed by atoms with van der Waals surface area (Å²) in [6.45, 7) is 4.11. The van der Waals surface area contributed by atoms with E-state index < -0.39 is 0 Å². The van der Waals surface area contributed by atoms with E-state index in [9.17, 15) is 0 Å². The normalized spacial score (nSPS) is 24.2. The van der Waals surface area contributed by atoms with Crippen LogP contribution in [-0.4, -0.2) is 31.1 Å². The summed E-state index contributed by atoms with van der Waals surface area (Å²) in [6.07, 6.45) is 2.51. The zero-order valence-corrected chi connectivity index (χ0v) is 13.1. The fraction of sp³-hybridized carbons (Fsp3) is 0.368. The van der Waals surface area contributed by atoms with E-state index in [1.807, 2.05) is 0 Å². The third kappa shape index (κ3) is 2.04. The smallest absolute Gasteiger partial charge is 0.379 e. The Morgan fingerprint density at radius 1 is 1.00 bits per heavy atom. The molecule has 0 radical (unpaired) electrons. The maximum absolute atomic E-state index is 6.24. The molecule has 22 heavy (non-hydrogen) atoms. The number of fused-ring (bicyclic) bond motifs is 1. The lowest BCUT2D eigenvalue weighted by molar-refractivity contribution is 0.105. The monoisotopic (exact) mass is 291 g/mol. The molecule has 2 fully saturated rings. The quantitative estimate of drug-likeness (QED) is 0.784. The molecule has 4 rings (SSSR count). The minimum absolute atomic E-state index is 0.0501. The number of benzene rings is 2. The Morgan fingerprint density at radius 3 is 2.18 bits per heavy atom. The van der Waals surface area contributed by atoms with E-state index in [-0.39, 0.29) is 12.5 Å². The van der Waals surface area contributed by atoms with Crippen molar-refractivity contribution in [2.24, 2.45) is 0 Å². The lowest BCUT2D eigenvalue weighted by atomic mass is 9.63. The van der Waals surface area contributed by atoms with Crippen LogP contribution in [0, 0.1) is 0 Å². The molecule has 2 saturated heterocycles. The Labute approximate surface area is 133 Å². The van der Waals surface area contributed by atoms with Crippen LogP contribution in [0.5, 0.6) is 0 Å². The summed E-state index contributed by atoms with van der Waals surface area (Å²) in [4.78, 5) is 2.56. The average molecular weight is 291 g/mol. The van der Waals surface area contributed by atoms with E-state index >= 15 is 0 Å². The third-order valence-corrected chi connectivity index (χ3v) is 5.46. The van der Waals surface area contributed by atoms with Crippen molar-refractivity contribution in [1.29, 1.82) is 0 Å². The molecule has 1 atom stereocenters. The lowest BCUT2D eigenvalue weighted by Crippen LogP contribution is -2.61. The van der Waals surface area contributed by atoms with Gasteiger partial charge in [-0.2, -0.15) is 0 Å². The predicted octanol–water partition coefficient (Wildman–Crippen LogP) is 3.59. The molecule has 0 aliphatic carbocycles. The molecule has 2 heterocycles. The Hall–Kier alpha value is -1.58. The van der Waals surface area contributed by atoms with Gasteiger partial charge in [0.2, 0.25) is 0 Å². The maximum Gasteiger partial charge on any atom is 0.379 e. The van der Waals surface area contributed by atoms with Gasteiger partial charge >= 0.3 is 7.05 Å². The van der Waals surface area contributed by atoms with Gasteiger partial charge in [0.15, 0.2) is 0 Å². The highest BCUT2D eigenvalue weighted by Gasteiger charge is 2.52. The van der Waals surface area contributed by atoms with Gasteiger partial charge < -0.3 is 9.47 Å². The van der Waals surface area contributed by atoms with Crippen LogP contribution >= 0.6 is 0 Å². The minimum Gasteiger partial charge on any atom is -0.420 e. The Kier molecular flexibility index (Phi) is 3.55. The molecular formula is C19H22BNO. The highest BCUT2D eigenvalue weighted by Crippen LogP contribution is 2.45. The summed E-state index contributed by atoms with van der Waals surface area (Å²) < 4.78 is 6.24. The van der Waals surface area contributed by atoms with Crippen LogP contribution in [0.2, 0.25) is 6.82 Å². The minimum atomic E-state index is -0.0501. The topological polar surface area (TPSA) is 12.5 Å². The summed E-state index contributed by atoms with van der Waals surface area (Å²) in [7, 11) is 0.230. The maximum atomic E-state index is 6.24. The molecule has 2 aliphatic heterocycles. The van der Waals surface area contributed by atoms with Crippen LogP contribution in [0.3, 0.4) is 0 Å². The molecule has 2 aromatic rings. The highest BCUT2D eigenvalue weighted by atomic mass is 16.4. The van der Waals surface area contributed by atoms with Crippen LogP contribution < -0.4 is 0 Å². The molecule has 112 valence electrons. The van der Waals surface area contributed by atoms with Gasteiger partial charge in [0.25, 0.3) is 0 Å². The zero-order valence-electron chi connectivity index (χ0n) is 13.1. The fourth-order valence-electron chi connectivity index (χ4n) is 4.39. The summed E-state index contributed by atoms with van der Waals surface area (Å²) in [5, 5.41) is 0. The first kappa shape index (κ1) is 14.0. The first-order chi connectivity index (χ1) is 10.8. The van der Waals surface area contributed by atoms with Crippen molar-refractivity contribution in [2.75, 3.05) is 13.2 Å². The van der Waals surface area contributed by atoms with Crippen molar-refractivity contribution in [3.8, 4) is 0 Å². The average Bonchev–Trinajstić information content (AvgIpc) is 3.08. The van der Waals surface area contributed by atoms with Crippen molar-refractivity contribution in [3.63, 3.8) is 0 Å². The van der Waals surface area contributed by atoms with Gasteiger partial charge in [-0.1, -0.05) is 60.7 Å². The summed E-state index contributed by atoms with van der Waals surface area (Å²) in [5.41, 5.74) is 2.71. The van der Waals surface area contributed by atoms with E-state index in [2.05, 4.69) is 72.3 Å². The molecule has 0 aromatic heterocycles. The molecule has 2 nitrogen and oxygen atoms in total. The Balaban J connectivity index is 1.90. The van der Waals surface area contributed by atoms with Crippen molar-refractivity contribution in [2.45, 2.75) is 31.1 Å². The number of hydrogen-bond donors (Lipinski definition) is 0. The van der Waals surface area contributed by atoms with Gasteiger partial charge in [0.1, 0.15) is 0 Å². The Bertz CT molecular complexity index is 591. The van der Waals surface area contributed by atoms with E-state index in [0.29, 0.717) is 6.04 Å². The molecule has 0 saturated carbocycles. The van der Waals surface area contributed by atoms with Gasteiger partial charge in [-0.05, 0) is 37.3 Å². The molecular weight excluding hydrogens is 269 g/mol. The Morgan fingerprint density at radius 2 is 1.59 bits per heavy atom. The second-order valence-corrected chi connectivity index (χ2v) is 6.51. The van der Waals surface area contributed by atoms with E-state index in [4.69, 9.17) is 4.65 Å². The number of hydrogen-bond acceptors (Lipinski definition) is 2. The molecule has 2 aromatic carbocycles. The van der Waals surface area contributed by atoms with Crippen LogP contribution in [0.4, 0.5) is 0 Å². The molecule has 0 N–H and O–H groups in total. The first-order valence-corrected chi connectivity index (χ1v) is 8.31. The van der Waals surface area contributed by atoms with Crippen molar-refractivity contribution >= 4 is 7.05 Å². The first-order valence-electron chi connectivity index (χ1n) is 8.31. The molecule has 0 bridgehead atoms. The summed E-state index contributed by atoms with van der Waals surface area (Å²) in [5.74, 6) is 0. The predicted molar refractivity (Wildman–Crippen MR) is 91.0 cm³/mol. The number of rotatable bonds is 2. The van der Waals surface area contributed by atoms with E-state index in [0.717, 1.165) is 13.2 Å². The molecule has 0 spiro atoms. The van der Waals surface area contributed by atoms with Crippen LogP contribution in [0.25, 0.3) is 0 Å². The number of nitrogens with zero attached hydrogens (tertiary/aromatic N) is 1. The van der Waals surface area contributed by atoms with Crippen molar-refractivity contribution < 1.29 is 4.65 Å². The molecule has 3 heteroatoms. The second kappa shape index (κ2) is 5.56.